The highest BCUT2D eigenvalue weighted by Crippen LogP contribution is 2.23. The first-order valence-corrected chi connectivity index (χ1v) is 8.07. The third kappa shape index (κ3) is 3.42. The molecule has 0 bridgehead atoms. The molecule has 6 heteroatoms. The van der Waals surface area contributed by atoms with Crippen LogP contribution in [0.3, 0.4) is 0 Å². The Morgan fingerprint density at radius 1 is 1.21 bits per heavy atom. The quantitative estimate of drug-likeness (QED) is 0.888. The van der Waals surface area contributed by atoms with Gasteiger partial charge in [0.1, 0.15) is 4.21 Å². The predicted molar refractivity (Wildman–Crippen MR) is 75.6 cm³/mol. The molecule has 102 valence electrons. The minimum absolute atomic E-state index is 0.263. The minimum atomic E-state index is -3.59. The van der Waals surface area contributed by atoms with Crippen LogP contribution in [0, 0.1) is 6.92 Å². The van der Waals surface area contributed by atoms with E-state index in [0.29, 0.717) is 0 Å². The van der Waals surface area contributed by atoms with Crippen LogP contribution in [0.15, 0.2) is 46.7 Å². The molecule has 19 heavy (non-hydrogen) atoms. The zero-order valence-electron chi connectivity index (χ0n) is 10.4. The van der Waals surface area contributed by atoms with E-state index < -0.39 is 16.1 Å². The lowest BCUT2D eigenvalue weighted by atomic mass is 10.1. The van der Waals surface area contributed by atoms with Crippen LogP contribution in [0.1, 0.15) is 16.5 Å². The highest BCUT2D eigenvalue weighted by Gasteiger charge is 2.22. The molecule has 0 aliphatic rings. The Morgan fingerprint density at radius 2 is 1.89 bits per heavy atom. The molecular weight excluding hydrogens is 282 g/mol. The minimum Gasteiger partial charge on any atom is -0.394 e. The summed E-state index contributed by atoms with van der Waals surface area (Å²) in [5.41, 5.74) is 0.738. The topological polar surface area (TPSA) is 66.4 Å². The fourth-order valence-electron chi connectivity index (χ4n) is 1.70. The van der Waals surface area contributed by atoms with E-state index in [2.05, 4.69) is 4.72 Å². The molecule has 0 aliphatic carbocycles. The van der Waals surface area contributed by atoms with Gasteiger partial charge < -0.3 is 5.11 Å². The van der Waals surface area contributed by atoms with Gasteiger partial charge in [-0.1, -0.05) is 30.3 Å². The van der Waals surface area contributed by atoms with Gasteiger partial charge in [-0.05, 0) is 24.6 Å². The summed E-state index contributed by atoms with van der Waals surface area (Å²) in [6.45, 7) is 1.57. The van der Waals surface area contributed by atoms with E-state index in [9.17, 15) is 13.5 Å². The van der Waals surface area contributed by atoms with Gasteiger partial charge in [0.05, 0.1) is 12.6 Å². The molecule has 1 aromatic heterocycles. The normalized spacial score (nSPS) is 13.4. The first-order chi connectivity index (χ1) is 9.03. The molecule has 1 unspecified atom stereocenters. The summed E-state index contributed by atoms with van der Waals surface area (Å²) in [5.74, 6) is 0. The monoisotopic (exact) mass is 297 g/mol. The maximum atomic E-state index is 12.2. The van der Waals surface area contributed by atoms with Crippen molar-refractivity contribution < 1.29 is 13.5 Å². The van der Waals surface area contributed by atoms with E-state index in [-0.39, 0.29) is 10.8 Å². The van der Waals surface area contributed by atoms with E-state index in [1.165, 1.54) is 11.3 Å². The standard InChI is InChI=1S/C13H15NO3S2/c1-10-7-8-13(18-10)19(16,17)14-12(9-15)11-5-3-2-4-6-11/h2-8,12,14-15H,9H2,1H3. The molecule has 0 saturated carbocycles. The fraction of sp³-hybridized carbons (Fsp3) is 0.231. The Kier molecular flexibility index (Phi) is 4.36. The maximum absolute atomic E-state index is 12.2. The van der Waals surface area contributed by atoms with Crippen molar-refractivity contribution in [1.29, 1.82) is 0 Å². The van der Waals surface area contributed by atoms with Crippen molar-refractivity contribution in [3.63, 3.8) is 0 Å². The summed E-state index contributed by atoms with van der Waals surface area (Å²) in [6.07, 6.45) is 0. The summed E-state index contributed by atoms with van der Waals surface area (Å²) in [5, 5.41) is 9.37. The lowest BCUT2D eigenvalue weighted by Gasteiger charge is -2.16. The summed E-state index contributed by atoms with van der Waals surface area (Å²) in [4.78, 5) is 0.931. The van der Waals surface area contributed by atoms with Gasteiger partial charge in [0, 0.05) is 4.88 Å². The van der Waals surface area contributed by atoms with Crippen LogP contribution in [0.5, 0.6) is 0 Å². The molecule has 2 aromatic rings. The summed E-state index contributed by atoms with van der Waals surface area (Å²) in [7, 11) is -3.59. The van der Waals surface area contributed by atoms with Crippen molar-refractivity contribution in [3.05, 3.63) is 52.9 Å². The molecule has 0 spiro atoms. The maximum Gasteiger partial charge on any atom is 0.250 e. The first kappa shape index (κ1) is 14.2. The number of rotatable bonds is 5. The number of sulfonamides is 1. The summed E-state index contributed by atoms with van der Waals surface area (Å²) < 4.78 is 27.1. The largest absolute Gasteiger partial charge is 0.394 e. The first-order valence-electron chi connectivity index (χ1n) is 5.77. The molecule has 1 heterocycles. The van der Waals surface area contributed by atoms with Gasteiger partial charge in [0.15, 0.2) is 0 Å². The lowest BCUT2D eigenvalue weighted by molar-refractivity contribution is 0.259. The third-order valence-electron chi connectivity index (χ3n) is 2.66. The molecule has 1 aromatic carbocycles. The zero-order valence-corrected chi connectivity index (χ0v) is 12.0. The number of hydrogen-bond donors (Lipinski definition) is 2. The number of nitrogens with one attached hydrogen (secondary N) is 1. The number of thiophene rings is 1. The van der Waals surface area contributed by atoms with E-state index in [0.717, 1.165) is 10.4 Å². The second kappa shape index (κ2) is 5.83. The number of aliphatic hydroxyl groups is 1. The number of hydrogen-bond acceptors (Lipinski definition) is 4. The zero-order chi connectivity index (χ0) is 13.9. The lowest BCUT2D eigenvalue weighted by Crippen LogP contribution is -2.30. The number of benzene rings is 1. The third-order valence-corrected chi connectivity index (χ3v) is 5.63. The van der Waals surface area contributed by atoms with Crippen LogP contribution in [0.4, 0.5) is 0 Å². The molecule has 0 aliphatic heterocycles. The van der Waals surface area contributed by atoms with Gasteiger partial charge >= 0.3 is 0 Å². The number of aliphatic hydroxyl groups excluding tert-OH is 1. The Morgan fingerprint density at radius 3 is 2.42 bits per heavy atom. The average molecular weight is 297 g/mol. The van der Waals surface area contributed by atoms with Gasteiger partial charge in [0.2, 0.25) is 0 Å². The van der Waals surface area contributed by atoms with Crippen LogP contribution >= 0.6 is 11.3 Å². The van der Waals surface area contributed by atoms with Gasteiger partial charge in [-0.3, -0.25) is 0 Å². The molecule has 0 radical (unpaired) electrons. The van der Waals surface area contributed by atoms with Crippen LogP contribution in [-0.4, -0.2) is 20.1 Å². The smallest absolute Gasteiger partial charge is 0.250 e. The number of aryl methyl sites for hydroxylation is 1. The SMILES string of the molecule is Cc1ccc(S(=O)(=O)NC(CO)c2ccccc2)s1. The second-order valence-corrected chi connectivity index (χ2v) is 7.36. The van der Waals surface area contributed by atoms with Crippen LogP contribution in [0.25, 0.3) is 0 Å². The molecule has 0 amide bonds. The Balaban J connectivity index is 2.23. The van der Waals surface area contributed by atoms with Crippen molar-refractivity contribution in [2.24, 2.45) is 0 Å². The molecule has 2 rings (SSSR count). The van der Waals surface area contributed by atoms with E-state index in [1.54, 1.807) is 24.3 Å². The average Bonchev–Trinajstić information content (AvgIpc) is 2.85. The summed E-state index contributed by atoms with van der Waals surface area (Å²) >= 11 is 1.21. The van der Waals surface area contributed by atoms with Gasteiger partial charge in [-0.2, -0.15) is 0 Å². The van der Waals surface area contributed by atoms with Gasteiger partial charge in [0.25, 0.3) is 10.0 Å². The molecule has 0 saturated heterocycles. The summed E-state index contributed by atoms with van der Waals surface area (Å²) in [6, 6.07) is 11.7. The molecule has 0 fully saturated rings. The van der Waals surface area contributed by atoms with E-state index in [4.69, 9.17) is 0 Å². The van der Waals surface area contributed by atoms with Crippen molar-refractivity contribution in [2.45, 2.75) is 17.2 Å². The highest BCUT2D eigenvalue weighted by molar-refractivity contribution is 7.91. The van der Waals surface area contributed by atoms with Gasteiger partial charge in [-0.25, -0.2) is 13.1 Å². The predicted octanol–water partition coefficient (Wildman–Crippen LogP) is 2.07. The van der Waals surface area contributed by atoms with Crippen LogP contribution < -0.4 is 4.72 Å². The Bertz CT molecular complexity index is 635. The molecule has 4 nitrogen and oxygen atoms in total. The Labute approximate surface area is 116 Å². The van der Waals surface area contributed by atoms with Crippen molar-refractivity contribution in [2.75, 3.05) is 6.61 Å². The second-order valence-electron chi connectivity index (χ2n) is 4.13. The van der Waals surface area contributed by atoms with E-state index >= 15 is 0 Å². The van der Waals surface area contributed by atoms with Crippen molar-refractivity contribution >= 4 is 21.4 Å². The van der Waals surface area contributed by atoms with Gasteiger partial charge in [-0.15, -0.1) is 11.3 Å². The van der Waals surface area contributed by atoms with Crippen molar-refractivity contribution in [1.82, 2.24) is 4.72 Å². The van der Waals surface area contributed by atoms with E-state index in [1.807, 2.05) is 25.1 Å². The van der Waals surface area contributed by atoms with Crippen molar-refractivity contribution in [3.8, 4) is 0 Å². The molecule has 2 N–H and O–H groups in total. The highest BCUT2D eigenvalue weighted by atomic mass is 32.2. The Hall–Kier alpha value is -1.21. The molecule has 1 atom stereocenters. The van der Waals surface area contributed by atoms with Crippen LogP contribution in [-0.2, 0) is 10.0 Å². The molecular formula is C13H15NO3S2. The fourth-order valence-corrected chi connectivity index (χ4v) is 4.21. The van der Waals surface area contributed by atoms with Crippen LogP contribution in [0.2, 0.25) is 0 Å².